The number of Topliss-reactive ketones (excluding diaryl/α,β-unsaturated/α-hetero) is 1. The normalized spacial score (nSPS) is 18.4. The molecule has 3 aromatic rings. The van der Waals surface area contributed by atoms with Crippen molar-refractivity contribution in [2.24, 2.45) is 0 Å². The number of carbonyl (C=O) groups is 1. The maximum absolute atomic E-state index is 12.8. The molecule has 0 spiro atoms. The maximum Gasteiger partial charge on any atom is 0.186 e. The zero-order chi connectivity index (χ0) is 19.8. The predicted molar refractivity (Wildman–Crippen MR) is 114 cm³/mol. The highest BCUT2D eigenvalue weighted by Crippen LogP contribution is 2.42. The molecule has 1 aliphatic rings. The van der Waals surface area contributed by atoms with Crippen LogP contribution in [0.25, 0.3) is 17.4 Å². The Morgan fingerprint density at radius 2 is 2.07 bits per heavy atom. The summed E-state index contributed by atoms with van der Waals surface area (Å²) in [4.78, 5) is 13.3. The zero-order valence-electron chi connectivity index (χ0n) is 14.5. The summed E-state index contributed by atoms with van der Waals surface area (Å²) in [5, 5.41) is 19.1. The fraction of sp³-hybridized carbons (Fsp3) is 0.158. The molecule has 1 N–H and O–H groups in total. The van der Waals surface area contributed by atoms with E-state index in [0.717, 1.165) is 23.2 Å². The Balaban J connectivity index is 1.60. The molecule has 1 fully saturated rings. The van der Waals surface area contributed by atoms with Gasteiger partial charge in [-0.3, -0.25) is 10.2 Å². The lowest BCUT2D eigenvalue weighted by molar-refractivity contribution is -0.114. The van der Waals surface area contributed by atoms with Crippen LogP contribution in [-0.4, -0.2) is 21.0 Å². The van der Waals surface area contributed by atoms with Gasteiger partial charge in [-0.05, 0) is 42.8 Å². The van der Waals surface area contributed by atoms with Gasteiger partial charge in [0.25, 0.3) is 0 Å². The van der Waals surface area contributed by atoms with Crippen molar-refractivity contribution in [1.29, 1.82) is 5.41 Å². The van der Waals surface area contributed by atoms with Crippen LogP contribution in [0.4, 0.5) is 0 Å². The van der Waals surface area contributed by atoms with E-state index < -0.39 is 5.92 Å². The lowest BCUT2D eigenvalue weighted by atomic mass is 10.1. The molecule has 0 unspecified atom stereocenters. The van der Waals surface area contributed by atoms with Crippen molar-refractivity contribution in [3.8, 4) is 11.3 Å². The summed E-state index contributed by atoms with van der Waals surface area (Å²) >= 11 is 14.7. The molecule has 28 heavy (non-hydrogen) atoms. The van der Waals surface area contributed by atoms with E-state index in [4.69, 9.17) is 33.0 Å². The van der Waals surface area contributed by atoms with E-state index >= 15 is 0 Å². The third-order valence-electron chi connectivity index (χ3n) is 4.12. The summed E-state index contributed by atoms with van der Waals surface area (Å²) in [7, 11) is 0. The number of allylic oxidation sites excluding steroid dienone is 1. The number of furan rings is 1. The number of hydrogen-bond acceptors (Lipinski definition) is 7. The van der Waals surface area contributed by atoms with Crippen LogP contribution >= 0.6 is 46.3 Å². The summed E-state index contributed by atoms with van der Waals surface area (Å²) in [5.74, 6) is 0.259. The number of hydrogen-bond donors (Lipinski definition) is 1. The van der Waals surface area contributed by atoms with E-state index in [-0.39, 0.29) is 10.8 Å². The molecule has 0 aliphatic carbocycles. The Morgan fingerprint density at radius 3 is 2.79 bits per heavy atom. The van der Waals surface area contributed by atoms with Gasteiger partial charge >= 0.3 is 0 Å². The van der Waals surface area contributed by atoms with Crippen molar-refractivity contribution in [2.75, 3.05) is 0 Å². The fourth-order valence-electron chi connectivity index (χ4n) is 2.73. The molecular formula is C19H13Cl2N3O2S2. The lowest BCUT2D eigenvalue weighted by Crippen LogP contribution is -2.11. The molecule has 0 radical (unpaired) electrons. The first kappa shape index (κ1) is 19.4. The average molecular weight is 450 g/mol. The number of aryl methyl sites for hydroxylation is 1. The largest absolute Gasteiger partial charge is 0.457 e. The number of benzene rings is 1. The van der Waals surface area contributed by atoms with Crippen LogP contribution < -0.4 is 0 Å². The average Bonchev–Trinajstić information content (AvgIpc) is 3.36. The van der Waals surface area contributed by atoms with Gasteiger partial charge in [0.15, 0.2) is 5.78 Å². The number of thioether (sulfide) groups is 1. The van der Waals surface area contributed by atoms with Gasteiger partial charge in [0.2, 0.25) is 0 Å². The molecule has 1 saturated heterocycles. The van der Waals surface area contributed by atoms with E-state index in [9.17, 15) is 4.79 Å². The monoisotopic (exact) mass is 449 g/mol. The Morgan fingerprint density at radius 1 is 1.25 bits per heavy atom. The Bertz CT molecular complexity index is 1120. The van der Waals surface area contributed by atoms with Crippen molar-refractivity contribution in [3.63, 3.8) is 0 Å². The summed E-state index contributed by atoms with van der Waals surface area (Å²) in [6.07, 6.45) is 2.40. The number of rotatable bonds is 4. The number of aromatic nitrogens is 2. The van der Waals surface area contributed by atoms with Crippen LogP contribution in [0, 0.1) is 5.41 Å². The van der Waals surface area contributed by atoms with E-state index in [2.05, 4.69) is 10.2 Å². The van der Waals surface area contributed by atoms with Gasteiger partial charge in [-0.25, -0.2) is 0 Å². The highest BCUT2D eigenvalue weighted by molar-refractivity contribution is 8.19. The molecule has 5 nitrogen and oxygen atoms in total. The summed E-state index contributed by atoms with van der Waals surface area (Å²) in [6.45, 7) is 1.98. The summed E-state index contributed by atoms with van der Waals surface area (Å²) in [6, 6.07) is 8.71. The minimum atomic E-state index is -0.672. The highest BCUT2D eigenvalue weighted by atomic mass is 35.5. The number of nitrogens with one attached hydrogen (secondary N) is 1. The van der Waals surface area contributed by atoms with Crippen molar-refractivity contribution in [1.82, 2.24) is 10.2 Å². The van der Waals surface area contributed by atoms with Crippen molar-refractivity contribution in [2.45, 2.75) is 19.3 Å². The molecule has 0 saturated carbocycles. The third-order valence-corrected chi connectivity index (χ3v) is 6.79. The van der Waals surface area contributed by atoms with Crippen LogP contribution in [0.15, 0.2) is 39.7 Å². The van der Waals surface area contributed by atoms with Crippen LogP contribution in [0.2, 0.25) is 10.0 Å². The van der Waals surface area contributed by atoms with Crippen LogP contribution in [-0.2, 0) is 11.2 Å². The SMILES string of the molecule is CCc1nnc([C@H]2C(=N)S/C(=C\c3ccc(-c4ccc(Cl)cc4Cl)o3)C2=O)s1. The molecule has 1 aromatic carbocycles. The topological polar surface area (TPSA) is 79.8 Å². The first-order chi connectivity index (χ1) is 13.5. The van der Waals surface area contributed by atoms with E-state index in [1.54, 1.807) is 36.4 Å². The van der Waals surface area contributed by atoms with Crippen molar-refractivity contribution >= 4 is 63.2 Å². The molecular weight excluding hydrogens is 437 g/mol. The Hall–Kier alpha value is -1.93. The smallest absolute Gasteiger partial charge is 0.186 e. The minimum Gasteiger partial charge on any atom is -0.457 e. The second-order valence-corrected chi connectivity index (χ2v) is 9.01. The molecule has 9 heteroatoms. The third kappa shape index (κ3) is 3.67. The van der Waals surface area contributed by atoms with Gasteiger partial charge < -0.3 is 4.42 Å². The molecule has 1 atom stereocenters. The maximum atomic E-state index is 12.8. The van der Waals surface area contributed by atoms with E-state index in [0.29, 0.717) is 37.0 Å². The number of carbonyl (C=O) groups excluding carboxylic acids is 1. The molecule has 1 aliphatic heterocycles. The minimum absolute atomic E-state index is 0.156. The number of nitrogens with zero attached hydrogens (tertiary/aromatic N) is 2. The predicted octanol–water partition coefficient (Wildman–Crippen LogP) is 6.09. The van der Waals surface area contributed by atoms with Gasteiger partial charge in [0, 0.05) is 10.6 Å². The quantitative estimate of drug-likeness (QED) is 0.487. The van der Waals surface area contributed by atoms with E-state index in [1.807, 2.05) is 6.92 Å². The molecule has 0 bridgehead atoms. The molecule has 142 valence electrons. The molecule has 4 rings (SSSR count). The first-order valence-corrected chi connectivity index (χ1v) is 10.7. The van der Waals surface area contributed by atoms with Crippen LogP contribution in [0.3, 0.4) is 0 Å². The number of ketones is 1. The van der Waals surface area contributed by atoms with Gasteiger partial charge in [-0.2, -0.15) is 0 Å². The lowest BCUT2D eigenvalue weighted by Gasteiger charge is -2.01. The molecule has 2 aromatic heterocycles. The molecule has 0 amide bonds. The molecule has 3 heterocycles. The first-order valence-electron chi connectivity index (χ1n) is 8.36. The summed E-state index contributed by atoms with van der Waals surface area (Å²) in [5.41, 5.74) is 0.715. The van der Waals surface area contributed by atoms with Gasteiger partial charge in [-0.15, -0.1) is 21.5 Å². The Kier molecular flexibility index (Phi) is 5.42. The highest BCUT2D eigenvalue weighted by Gasteiger charge is 2.39. The van der Waals surface area contributed by atoms with Crippen LogP contribution in [0.5, 0.6) is 0 Å². The second-order valence-electron chi connectivity index (χ2n) is 5.99. The van der Waals surface area contributed by atoms with E-state index in [1.165, 1.54) is 11.3 Å². The van der Waals surface area contributed by atoms with Gasteiger partial charge in [0.05, 0.1) is 15.0 Å². The number of halogens is 2. The fourth-order valence-corrected chi connectivity index (χ4v) is 5.17. The summed E-state index contributed by atoms with van der Waals surface area (Å²) < 4.78 is 5.83. The van der Waals surface area contributed by atoms with Gasteiger partial charge in [0.1, 0.15) is 27.5 Å². The van der Waals surface area contributed by atoms with Crippen molar-refractivity contribution in [3.05, 3.63) is 61.1 Å². The van der Waals surface area contributed by atoms with Crippen LogP contribution in [0.1, 0.15) is 28.6 Å². The second kappa shape index (κ2) is 7.83. The standard InChI is InChI=1S/C19H13Cl2N3O2S2/c1-2-15-23-24-19(28-15)16-17(25)14(27-18(16)22)8-10-4-6-13(26-10)11-5-3-9(20)7-12(11)21/h3-8,16,22H,2H2,1H3/b14-8-,22-18?/t16-/m1/s1. The zero-order valence-corrected chi connectivity index (χ0v) is 17.7. The van der Waals surface area contributed by atoms with Crippen molar-refractivity contribution < 1.29 is 9.21 Å². The van der Waals surface area contributed by atoms with Gasteiger partial charge in [-0.1, -0.05) is 41.9 Å². The Labute approximate surface area is 179 Å².